The van der Waals surface area contributed by atoms with E-state index < -0.39 is 26.5 Å². The van der Waals surface area contributed by atoms with Crippen LogP contribution in [0.4, 0.5) is 0 Å². The molecule has 54 heavy (non-hydrogen) atoms. The minimum absolute atomic E-state index is 0.0160. The van der Waals surface area contributed by atoms with Crippen LogP contribution in [-0.4, -0.2) is 86.6 Å². The van der Waals surface area contributed by atoms with E-state index in [1.165, 1.54) is 57.8 Å². The fourth-order valence-corrected chi connectivity index (χ4v) is 6.08. The fourth-order valence-electron chi connectivity index (χ4n) is 5.34. The van der Waals surface area contributed by atoms with Gasteiger partial charge >= 0.3 is 19.8 Å². The van der Waals surface area contributed by atoms with Crippen molar-refractivity contribution in [3.63, 3.8) is 0 Å². The van der Waals surface area contributed by atoms with E-state index in [1.807, 2.05) is 27.2 Å². The van der Waals surface area contributed by atoms with Crippen LogP contribution in [0.5, 0.6) is 0 Å². The van der Waals surface area contributed by atoms with Crippen molar-refractivity contribution in [3.8, 4) is 0 Å². The quantitative estimate of drug-likeness (QED) is 0.0207. The van der Waals surface area contributed by atoms with Crippen molar-refractivity contribution in [2.24, 2.45) is 0 Å². The largest absolute Gasteiger partial charge is 0.472 e. The lowest BCUT2D eigenvalue weighted by Crippen LogP contribution is -2.37. The summed E-state index contributed by atoms with van der Waals surface area (Å²) in [5.41, 5.74) is 0. The Morgan fingerprint density at radius 2 is 1.09 bits per heavy atom. The van der Waals surface area contributed by atoms with Crippen LogP contribution in [0.15, 0.2) is 48.6 Å². The van der Waals surface area contributed by atoms with Crippen molar-refractivity contribution >= 4 is 19.8 Å². The molecule has 0 heterocycles. The smallest absolute Gasteiger partial charge is 0.462 e. The van der Waals surface area contributed by atoms with Crippen LogP contribution in [0.2, 0.25) is 0 Å². The van der Waals surface area contributed by atoms with Crippen molar-refractivity contribution in [1.29, 1.82) is 0 Å². The molecule has 0 aliphatic rings. The average molecular weight is 785 g/mol. The van der Waals surface area contributed by atoms with Gasteiger partial charge in [-0.25, -0.2) is 4.57 Å². The Labute approximate surface area is 329 Å². The van der Waals surface area contributed by atoms with Gasteiger partial charge in [0.25, 0.3) is 0 Å². The molecular formula is C43H79NO9P+. The van der Waals surface area contributed by atoms with Crippen molar-refractivity contribution in [2.45, 2.75) is 161 Å². The number of carbonyl (C=O) groups is 2. The Bertz CT molecular complexity index is 1070. The van der Waals surface area contributed by atoms with Crippen LogP contribution >= 0.6 is 7.82 Å². The predicted octanol–water partition coefficient (Wildman–Crippen LogP) is 10.5. The molecule has 0 spiro atoms. The van der Waals surface area contributed by atoms with Gasteiger partial charge in [0.1, 0.15) is 19.8 Å². The van der Waals surface area contributed by atoms with Crippen LogP contribution in [0.1, 0.15) is 155 Å². The molecule has 0 fully saturated rings. The van der Waals surface area contributed by atoms with Crippen molar-refractivity contribution < 1.29 is 47.2 Å². The van der Waals surface area contributed by atoms with E-state index in [4.69, 9.17) is 23.6 Å². The molecule has 0 rings (SSSR count). The minimum atomic E-state index is -4.39. The number of aliphatic hydroxyl groups excluding tert-OH is 1. The summed E-state index contributed by atoms with van der Waals surface area (Å²) < 4.78 is 34.1. The van der Waals surface area contributed by atoms with Gasteiger partial charge in [-0.3, -0.25) is 18.6 Å². The molecule has 0 aromatic rings. The predicted molar refractivity (Wildman–Crippen MR) is 221 cm³/mol. The van der Waals surface area contributed by atoms with Gasteiger partial charge in [0.2, 0.25) is 0 Å². The number of likely N-dealkylation sites (N-methyl/N-ethyl adjacent to an activating group) is 1. The van der Waals surface area contributed by atoms with E-state index in [0.29, 0.717) is 23.9 Å². The van der Waals surface area contributed by atoms with Crippen LogP contribution < -0.4 is 0 Å². The van der Waals surface area contributed by atoms with Gasteiger partial charge in [-0.05, 0) is 57.8 Å². The van der Waals surface area contributed by atoms with E-state index in [-0.39, 0.29) is 38.6 Å². The normalized spacial score (nSPS) is 14.1. The van der Waals surface area contributed by atoms with Gasteiger partial charge in [0.15, 0.2) is 6.10 Å². The van der Waals surface area contributed by atoms with E-state index in [2.05, 4.69) is 49.5 Å². The second-order valence-corrected chi connectivity index (χ2v) is 16.6. The highest BCUT2D eigenvalue weighted by Gasteiger charge is 2.27. The summed E-state index contributed by atoms with van der Waals surface area (Å²) >= 11 is 0. The van der Waals surface area contributed by atoms with Gasteiger partial charge in [-0.1, -0.05) is 133 Å². The molecule has 10 nitrogen and oxygen atoms in total. The summed E-state index contributed by atoms with van der Waals surface area (Å²) in [5, 5.41) is 8.79. The number of phosphoric ester groups is 1. The number of esters is 2. The summed E-state index contributed by atoms with van der Waals surface area (Å²) in [7, 11) is 1.42. The maximum absolute atomic E-state index is 12.6. The van der Waals surface area contributed by atoms with Crippen LogP contribution in [0, 0.1) is 0 Å². The zero-order valence-corrected chi connectivity index (χ0v) is 35.5. The molecule has 0 aromatic heterocycles. The first-order valence-corrected chi connectivity index (χ1v) is 22.5. The zero-order chi connectivity index (χ0) is 40.0. The van der Waals surface area contributed by atoms with Gasteiger partial charge in [0, 0.05) is 19.4 Å². The van der Waals surface area contributed by atoms with E-state index in [0.717, 1.165) is 64.2 Å². The van der Waals surface area contributed by atoms with Crippen molar-refractivity contribution in [2.75, 3.05) is 54.1 Å². The Morgan fingerprint density at radius 3 is 1.63 bits per heavy atom. The SMILES string of the molecule is CCCCCCCCCCCCCCC(=O)OC[C@H](COP(=O)(O)OCC[N+](C)(C)C)OC(=O)CCC/C=C\C/C=C\C/C=C\C/C=C\CCCCCO. The first-order valence-electron chi connectivity index (χ1n) is 21.0. The number of hydrogen-bond acceptors (Lipinski definition) is 8. The van der Waals surface area contributed by atoms with E-state index in [9.17, 15) is 19.0 Å². The van der Waals surface area contributed by atoms with Crippen LogP contribution in [-0.2, 0) is 32.7 Å². The lowest BCUT2D eigenvalue weighted by molar-refractivity contribution is -0.870. The fraction of sp³-hybridized carbons (Fsp3) is 0.767. The number of rotatable bonds is 38. The molecule has 0 radical (unpaired) electrons. The van der Waals surface area contributed by atoms with Gasteiger partial charge < -0.3 is 24.0 Å². The minimum Gasteiger partial charge on any atom is -0.462 e. The maximum Gasteiger partial charge on any atom is 0.472 e. The highest BCUT2D eigenvalue weighted by Crippen LogP contribution is 2.43. The highest BCUT2D eigenvalue weighted by atomic mass is 31.2. The molecule has 0 aliphatic carbocycles. The van der Waals surface area contributed by atoms with Gasteiger partial charge in [-0.15, -0.1) is 0 Å². The van der Waals surface area contributed by atoms with Crippen molar-refractivity contribution in [1.82, 2.24) is 0 Å². The molecule has 0 bridgehead atoms. The molecule has 0 amide bonds. The Kier molecular flexibility index (Phi) is 35.2. The Morgan fingerprint density at radius 1 is 0.611 bits per heavy atom. The van der Waals surface area contributed by atoms with Crippen molar-refractivity contribution in [3.05, 3.63) is 48.6 Å². The number of carbonyl (C=O) groups excluding carboxylic acids is 2. The lowest BCUT2D eigenvalue weighted by atomic mass is 10.0. The first-order chi connectivity index (χ1) is 26.0. The molecule has 314 valence electrons. The molecule has 0 aliphatic heterocycles. The number of hydrogen-bond donors (Lipinski definition) is 2. The molecule has 1 unspecified atom stereocenters. The number of quaternary nitrogens is 1. The third kappa shape index (κ3) is 39.6. The van der Waals surface area contributed by atoms with Gasteiger partial charge in [0.05, 0.1) is 27.7 Å². The summed E-state index contributed by atoms with van der Waals surface area (Å²) in [5.74, 6) is -0.880. The summed E-state index contributed by atoms with van der Waals surface area (Å²) in [6, 6.07) is 0. The molecule has 0 saturated carbocycles. The summed E-state index contributed by atoms with van der Waals surface area (Å²) in [4.78, 5) is 35.2. The monoisotopic (exact) mass is 785 g/mol. The Balaban J connectivity index is 4.49. The summed E-state index contributed by atoms with van der Waals surface area (Å²) in [6.45, 7) is 2.34. The average Bonchev–Trinajstić information content (AvgIpc) is 3.12. The molecule has 0 aromatic carbocycles. The van der Waals surface area contributed by atoms with Crippen LogP contribution in [0.3, 0.4) is 0 Å². The number of ether oxygens (including phenoxy) is 2. The molecule has 2 N–H and O–H groups in total. The van der Waals surface area contributed by atoms with E-state index >= 15 is 0 Å². The zero-order valence-electron chi connectivity index (χ0n) is 34.6. The number of allylic oxidation sites excluding steroid dienone is 8. The number of nitrogens with zero attached hydrogens (tertiary/aromatic N) is 1. The first kappa shape index (κ1) is 51.9. The molecule has 2 atom stereocenters. The maximum atomic E-state index is 12.6. The highest BCUT2D eigenvalue weighted by molar-refractivity contribution is 7.47. The third-order valence-electron chi connectivity index (χ3n) is 8.67. The topological polar surface area (TPSA) is 129 Å². The molecular weight excluding hydrogens is 705 g/mol. The number of unbranched alkanes of at least 4 members (excludes halogenated alkanes) is 15. The second kappa shape index (κ2) is 36.6. The standard InChI is InChI=1S/C43H78NO9P/c1-5-6-7-8-9-10-11-19-22-25-28-31-34-42(46)50-39-41(40-52-54(48,49)51-38-36-44(2,3)4)53-43(47)35-32-29-26-23-20-17-15-13-12-14-16-18-21-24-27-30-33-37-45/h12,14-15,17-18,21,23,26,41,45H,5-11,13,16,19-20,22,24-25,27-40H2,1-4H3/p+1/b14-12-,17-15-,21-18-,26-23-/t41-/m1/s1. The number of aliphatic hydroxyl groups is 1. The van der Waals surface area contributed by atoms with Gasteiger partial charge in [-0.2, -0.15) is 0 Å². The van der Waals surface area contributed by atoms with E-state index in [1.54, 1.807) is 0 Å². The van der Waals surface area contributed by atoms with Crippen LogP contribution in [0.25, 0.3) is 0 Å². The lowest BCUT2D eigenvalue weighted by Gasteiger charge is -2.24. The number of phosphoric acid groups is 1. The third-order valence-corrected chi connectivity index (χ3v) is 9.65. The Hall–Kier alpha value is -2.07. The molecule has 0 saturated heterocycles. The molecule has 11 heteroatoms. The second-order valence-electron chi connectivity index (χ2n) is 15.1. The summed E-state index contributed by atoms with van der Waals surface area (Å²) in [6.07, 6.45) is 38.9.